The Morgan fingerprint density at radius 3 is 2.48 bits per heavy atom. The van der Waals surface area contributed by atoms with E-state index in [2.05, 4.69) is 9.97 Å². The van der Waals surface area contributed by atoms with Crippen LogP contribution in [0.15, 0.2) is 90.1 Å². The van der Waals surface area contributed by atoms with Crippen LogP contribution in [0, 0.1) is 15.9 Å². The summed E-state index contributed by atoms with van der Waals surface area (Å²) in [6, 6.07) is 23.7. The molecule has 0 fully saturated rings. The van der Waals surface area contributed by atoms with Crippen molar-refractivity contribution in [3.8, 4) is 22.9 Å². The third kappa shape index (κ3) is 5.23. The zero-order valence-corrected chi connectivity index (χ0v) is 17.0. The molecule has 0 aliphatic carbocycles. The van der Waals surface area contributed by atoms with Crippen molar-refractivity contribution in [1.29, 1.82) is 0 Å². The lowest BCUT2D eigenvalue weighted by molar-refractivity contribution is -0.384. The minimum Gasteiger partial charge on any atom is -0.436 e. The maximum absolute atomic E-state index is 14.0. The highest BCUT2D eigenvalue weighted by molar-refractivity contribution is 7.98. The number of thioether (sulfide) groups is 1. The number of nitrogens with zero attached hydrogens (tertiary/aromatic N) is 3. The number of hydrogen-bond donors (Lipinski definition) is 0. The largest absolute Gasteiger partial charge is 0.436 e. The zero-order chi connectivity index (χ0) is 21.6. The Bertz CT molecular complexity index is 1220. The first-order chi connectivity index (χ1) is 15.1. The van der Waals surface area contributed by atoms with Gasteiger partial charge in [0.2, 0.25) is 5.88 Å². The van der Waals surface area contributed by atoms with E-state index in [1.807, 2.05) is 30.3 Å². The number of nitro groups is 1. The van der Waals surface area contributed by atoms with E-state index in [9.17, 15) is 14.5 Å². The summed E-state index contributed by atoms with van der Waals surface area (Å²) in [5, 5.41) is 11.4. The number of aromatic nitrogens is 2. The van der Waals surface area contributed by atoms with Crippen LogP contribution >= 0.6 is 11.8 Å². The van der Waals surface area contributed by atoms with E-state index in [4.69, 9.17) is 4.74 Å². The number of rotatable bonds is 7. The van der Waals surface area contributed by atoms with Gasteiger partial charge in [-0.25, -0.2) is 9.37 Å². The van der Waals surface area contributed by atoms with Crippen molar-refractivity contribution in [2.45, 2.75) is 10.9 Å². The fraction of sp³-hybridized carbons (Fsp3) is 0.0435. The summed E-state index contributed by atoms with van der Waals surface area (Å²) in [7, 11) is 0. The van der Waals surface area contributed by atoms with Gasteiger partial charge in [0.1, 0.15) is 0 Å². The predicted molar refractivity (Wildman–Crippen MR) is 117 cm³/mol. The van der Waals surface area contributed by atoms with Crippen LogP contribution in [0.1, 0.15) is 5.56 Å². The predicted octanol–water partition coefficient (Wildman–Crippen LogP) is 6.28. The summed E-state index contributed by atoms with van der Waals surface area (Å²) in [5.74, 6) is 0.211. The lowest BCUT2D eigenvalue weighted by Crippen LogP contribution is -1.97. The molecule has 0 aliphatic heterocycles. The van der Waals surface area contributed by atoms with Gasteiger partial charge in [-0.3, -0.25) is 10.1 Å². The number of nitro benzene ring substituents is 1. The molecule has 31 heavy (non-hydrogen) atoms. The van der Waals surface area contributed by atoms with Crippen molar-refractivity contribution in [3.05, 3.63) is 106 Å². The van der Waals surface area contributed by atoms with Crippen molar-refractivity contribution in [1.82, 2.24) is 9.97 Å². The van der Waals surface area contributed by atoms with Crippen LogP contribution in [0.5, 0.6) is 11.6 Å². The Balaban J connectivity index is 1.64. The molecule has 4 aromatic rings. The summed E-state index contributed by atoms with van der Waals surface area (Å²) in [6.45, 7) is 0. The minimum atomic E-state index is -0.492. The first-order valence-electron chi connectivity index (χ1n) is 9.31. The molecule has 154 valence electrons. The molecule has 0 saturated heterocycles. The average molecular weight is 433 g/mol. The summed E-state index contributed by atoms with van der Waals surface area (Å²) in [5.41, 5.74) is 2.29. The fourth-order valence-electron chi connectivity index (χ4n) is 2.83. The van der Waals surface area contributed by atoms with E-state index >= 15 is 0 Å². The monoisotopic (exact) mass is 433 g/mol. The molecule has 6 nitrogen and oxygen atoms in total. The van der Waals surface area contributed by atoms with Gasteiger partial charge in [0.15, 0.2) is 16.7 Å². The number of non-ortho nitro benzene ring substituents is 1. The van der Waals surface area contributed by atoms with Gasteiger partial charge >= 0.3 is 0 Å². The normalized spacial score (nSPS) is 10.6. The summed E-state index contributed by atoms with van der Waals surface area (Å²) < 4.78 is 19.7. The molecule has 0 atom stereocenters. The van der Waals surface area contributed by atoms with Gasteiger partial charge in [-0.2, -0.15) is 4.98 Å². The second-order valence-corrected chi connectivity index (χ2v) is 7.43. The highest BCUT2D eigenvalue weighted by atomic mass is 32.2. The molecule has 0 spiro atoms. The van der Waals surface area contributed by atoms with Gasteiger partial charge in [-0.15, -0.1) is 0 Å². The second-order valence-electron chi connectivity index (χ2n) is 6.49. The van der Waals surface area contributed by atoms with Gasteiger partial charge in [0.25, 0.3) is 5.69 Å². The van der Waals surface area contributed by atoms with Crippen LogP contribution < -0.4 is 4.74 Å². The van der Waals surface area contributed by atoms with Gasteiger partial charge in [-0.1, -0.05) is 66.4 Å². The van der Waals surface area contributed by atoms with Crippen molar-refractivity contribution in [2.75, 3.05) is 0 Å². The third-order valence-electron chi connectivity index (χ3n) is 4.29. The Morgan fingerprint density at radius 1 is 0.935 bits per heavy atom. The molecule has 3 aromatic carbocycles. The molecule has 0 radical (unpaired) electrons. The van der Waals surface area contributed by atoms with Crippen molar-refractivity contribution in [3.63, 3.8) is 0 Å². The average Bonchev–Trinajstić information content (AvgIpc) is 2.80. The third-order valence-corrected chi connectivity index (χ3v) is 5.21. The molecular formula is C23H16FN3O3S. The van der Waals surface area contributed by atoms with Crippen LogP contribution in [-0.2, 0) is 5.75 Å². The van der Waals surface area contributed by atoms with Crippen molar-refractivity contribution >= 4 is 17.4 Å². The molecule has 4 rings (SSSR count). The Kier molecular flexibility index (Phi) is 6.18. The lowest BCUT2D eigenvalue weighted by atomic mass is 10.1. The number of halogens is 1. The number of ether oxygens (including phenoxy) is 1. The Hall–Kier alpha value is -3.78. The second kappa shape index (κ2) is 9.36. The smallest absolute Gasteiger partial charge is 0.269 e. The lowest BCUT2D eigenvalue weighted by Gasteiger charge is -2.10. The standard InChI is InChI=1S/C23H16FN3O3S/c24-19-11-4-5-12-21(19)30-22-14-20(17-8-2-1-3-9-17)25-23(26-22)31-15-16-7-6-10-18(13-16)27(28)29/h1-14H,15H2. The van der Waals surface area contributed by atoms with Crippen LogP contribution in [0.2, 0.25) is 0 Å². The summed E-state index contributed by atoms with van der Waals surface area (Å²) in [6.07, 6.45) is 0. The number of hydrogen-bond acceptors (Lipinski definition) is 6. The van der Waals surface area contributed by atoms with Crippen LogP contribution in [0.25, 0.3) is 11.3 Å². The molecule has 0 amide bonds. The number of para-hydroxylation sites is 1. The first-order valence-corrected chi connectivity index (χ1v) is 10.3. The topological polar surface area (TPSA) is 78.2 Å². The Morgan fingerprint density at radius 2 is 1.71 bits per heavy atom. The van der Waals surface area contributed by atoms with Gasteiger partial charge in [0, 0.05) is 29.5 Å². The highest BCUT2D eigenvalue weighted by Crippen LogP contribution is 2.30. The fourth-order valence-corrected chi connectivity index (χ4v) is 3.62. The van der Waals surface area contributed by atoms with Gasteiger partial charge in [-0.05, 0) is 17.7 Å². The van der Waals surface area contributed by atoms with E-state index in [0.717, 1.165) is 11.1 Å². The van der Waals surface area contributed by atoms with Crippen LogP contribution in [-0.4, -0.2) is 14.9 Å². The Labute approximate surface area is 181 Å². The van der Waals surface area contributed by atoms with Gasteiger partial charge < -0.3 is 4.74 Å². The van der Waals surface area contributed by atoms with E-state index in [1.165, 1.54) is 36.0 Å². The summed E-state index contributed by atoms with van der Waals surface area (Å²) >= 11 is 1.31. The molecule has 0 saturated carbocycles. The van der Waals surface area contributed by atoms with Crippen LogP contribution in [0.3, 0.4) is 0 Å². The quantitative estimate of drug-likeness (QED) is 0.148. The molecule has 1 aromatic heterocycles. The van der Waals surface area contributed by atoms with Gasteiger partial charge in [0.05, 0.1) is 10.6 Å². The molecule has 0 unspecified atom stereocenters. The first kappa shape index (κ1) is 20.5. The van der Waals surface area contributed by atoms with E-state index < -0.39 is 10.7 Å². The van der Waals surface area contributed by atoms with E-state index in [1.54, 1.807) is 30.3 Å². The van der Waals surface area contributed by atoms with E-state index in [0.29, 0.717) is 16.6 Å². The maximum atomic E-state index is 14.0. The molecule has 0 N–H and O–H groups in total. The molecule has 1 heterocycles. The molecule has 0 bridgehead atoms. The molecule has 0 aliphatic rings. The highest BCUT2D eigenvalue weighted by Gasteiger charge is 2.12. The van der Waals surface area contributed by atoms with Crippen molar-refractivity contribution in [2.24, 2.45) is 0 Å². The summed E-state index contributed by atoms with van der Waals surface area (Å²) in [4.78, 5) is 19.6. The van der Waals surface area contributed by atoms with Crippen LogP contribution in [0.4, 0.5) is 10.1 Å². The SMILES string of the molecule is O=[N+]([O-])c1cccc(CSc2nc(Oc3ccccc3F)cc(-c3ccccc3)n2)c1. The van der Waals surface area contributed by atoms with E-state index in [-0.39, 0.29) is 17.3 Å². The zero-order valence-electron chi connectivity index (χ0n) is 16.1. The molecule has 8 heteroatoms. The molecular weight excluding hydrogens is 417 g/mol. The number of benzene rings is 3. The van der Waals surface area contributed by atoms with Crippen molar-refractivity contribution < 1.29 is 14.1 Å². The minimum absolute atomic E-state index is 0.0284. The maximum Gasteiger partial charge on any atom is 0.269 e.